The summed E-state index contributed by atoms with van der Waals surface area (Å²) in [6.07, 6.45) is 0.557. The lowest BCUT2D eigenvalue weighted by atomic mass is 9.99. The molecule has 2 rings (SSSR count). The van der Waals surface area contributed by atoms with Crippen molar-refractivity contribution in [2.75, 3.05) is 26.3 Å². The Labute approximate surface area is 170 Å². The Morgan fingerprint density at radius 3 is 1.64 bits per heavy atom. The molecule has 0 aromatic heterocycles. The van der Waals surface area contributed by atoms with Gasteiger partial charge in [-0.2, -0.15) is 0 Å². The number of hydrogen-bond donors (Lipinski definition) is 2. The van der Waals surface area contributed by atoms with Crippen LogP contribution >= 0.6 is 0 Å². The molecule has 0 fully saturated rings. The Kier molecular flexibility index (Phi) is 10.2. The van der Waals surface area contributed by atoms with Crippen LogP contribution in [0.15, 0.2) is 48.5 Å². The van der Waals surface area contributed by atoms with Gasteiger partial charge in [-0.1, -0.05) is 36.4 Å². The molecule has 0 unspecified atom stereocenters. The van der Waals surface area contributed by atoms with Gasteiger partial charge in [-0.25, -0.2) is 0 Å². The molecule has 0 saturated heterocycles. The Morgan fingerprint density at radius 1 is 0.679 bits per heavy atom. The van der Waals surface area contributed by atoms with E-state index in [0.717, 1.165) is 39.4 Å². The molecule has 2 aromatic rings. The van der Waals surface area contributed by atoms with Gasteiger partial charge in [0.25, 0.3) is 0 Å². The first-order valence-electron chi connectivity index (χ1n) is 10.4. The van der Waals surface area contributed by atoms with E-state index in [9.17, 15) is 0 Å². The summed E-state index contributed by atoms with van der Waals surface area (Å²) in [5.74, 6) is 0. The molecule has 0 bridgehead atoms. The van der Waals surface area contributed by atoms with Crippen molar-refractivity contribution < 1.29 is 9.47 Å². The largest absolute Gasteiger partial charge is 0.377 e. The molecule has 0 atom stereocenters. The van der Waals surface area contributed by atoms with E-state index in [-0.39, 0.29) is 12.2 Å². The van der Waals surface area contributed by atoms with Crippen molar-refractivity contribution in [2.24, 2.45) is 0 Å². The Balaban J connectivity index is 1.98. The van der Waals surface area contributed by atoms with Gasteiger partial charge >= 0.3 is 0 Å². The maximum Gasteiger partial charge on any atom is 0.0594 e. The normalized spacial score (nSPS) is 11.5. The van der Waals surface area contributed by atoms with Crippen molar-refractivity contribution in [1.82, 2.24) is 10.6 Å². The van der Waals surface area contributed by atoms with Crippen LogP contribution in [0.4, 0.5) is 0 Å². The number of benzene rings is 2. The van der Waals surface area contributed by atoms with Crippen LogP contribution in [0.2, 0.25) is 0 Å². The lowest BCUT2D eigenvalue weighted by molar-refractivity contribution is 0.0805. The number of nitrogens with one attached hydrogen (secondary N) is 2. The summed E-state index contributed by atoms with van der Waals surface area (Å²) >= 11 is 0. The molecule has 4 nitrogen and oxygen atoms in total. The fourth-order valence-corrected chi connectivity index (χ4v) is 2.96. The SMILES string of the molecule is CC(C)OCCNCc1cc(CNCCOC(C)C)cc(-c2ccccc2)c1. The Hall–Kier alpha value is -1.72. The predicted molar refractivity (Wildman–Crippen MR) is 117 cm³/mol. The average molecular weight is 385 g/mol. The standard InChI is InChI=1S/C24H36N2O2/c1-19(2)27-12-10-25-17-21-14-22(18-26-11-13-28-20(3)4)16-24(15-21)23-8-6-5-7-9-23/h5-9,14-16,19-20,25-26H,10-13,17-18H2,1-4H3. The van der Waals surface area contributed by atoms with Crippen molar-refractivity contribution in [3.05, 3.63) is 59.7 Å². The monoisotopic (exact) mass is 384 g/mol. The maximum absolute atomic E-state index is 5.61. The topological polar surface area (TPSA) is 42.5 Å². The molecule has 0 amide bonds. The van der Waals surface area contributed by atoms with E-state index in [0.29, 0.717) is 0 Å². The zero-order chi connectivity index (χ0) is 20.2. The minimum absolute atomic E-state index is 0.278. The summed E-state index contributed by atoms with van der Waals surface area (Å²) in [6, 6.07) is 17.4. The number of hydrogen-bond acceptors (Lipinski definition) is 4. The van der Waals surface area contributed by atoms with E-state index in [4.69, 9.17) is 9.47 Å². The van der Waals surface area contributed by atoms with Gasteiger partial charge in [0.15, 0.2) is 0 Å². The zero-order valence-electron chi connectivity index (χ0n) is 17.8. The van der Waals surface area contributed by atoms with Gasteiger partial charge in [-0.15, -0.1) is 0 Å². The minimum atomic E-state index is 0.278. The van der Waals surface area contributed by atoms with Crippen LogP contribution < -0.4 is 10.6 Å². The second-order valence-corrected chi connectivity index (χ2v) is 7.60. The van der Waals surface area contributed by atoms with E-state index in [1.807, 2.05) is 0 Å². The van der Waals surface area contributed by atoms with Crippen molar-refractivity contribution in [2.45, 2.75) is 53.0 Å². The molecular weight excluding hydrogens is 348 g/mol. The van der Waals surface area contributed by atoms with Gasteiger partial charge in [0, 0.05) is 26.2 Å². The van der Waals surface area contributed by atoms with Gasteiger partial charge in [-0.3, -0.25) is 0 Å². The highest BCUT2D eigenvalue weighted by Gasteiger charge is 2.04. The van der Waals surface area contributed by atoms with Crippen LogP contribution in [0.1, 0.15) is 38.8 Å². The fourth-order valence-electron chi connectivity index (χ4n) is 2.96. The first kappa shape index (κ1) is 22.6. The molecular formula is C24H36N2O2. The highest BCUT2D eigenvalue weighted by molar-refractivity contribution is 5.65. The first-order valence-corrected chi connectivity index (χ1v) is 10.4. The molecule has 4 heteroatoms. The van der Waals surface area contributed by atoms with Gasteiger partial charge in [-0.05, 0) is 62.1 Å². The molecule has 2 N–H and O–H groups in total. The van der Waals surface area contributed by atoms with Crippen LogP contribution in [0, 0.1) is 0 Å². The van der Waals surface area contributed by atoms with E-state index in [1.165, 1.54) is 22.3 Å². The fraction of sp³-hybridized carbons (Fsp3) is 0.500. The molecule has 0 radical (unpaired) electrons. The van der Waals surface area contributed by atoms with Crippen LogP contribution in [-0.2, 0) is 22.6 Å². The third-order valence-electron chi connectivity index (χ3n) is 4.28. The molecule has 0 spiro atoms. The smallest absolute Gasteiger partial charge is 0.0594 e. The average Bonchev–Trinajstić information content (AvgIpc) is 2.67. The highest BCUT2D eigenvalue weighted by atomic mass is 16.5. The van der Waals surface area contributed by atoms with Crippen molar-refractivity contribution in [1.29, 1.82) is 0 Å². The third-order valence-corrected chi connectivity index (χ3v) is 4.28. The van der Waals surface area contributed by atoms with E-state index in [2.05, 4.69) is 86.9 Å². The van der Waals surface area contributed by atoms with Crippen LogP contribution in [0.25, 0.3) is 11.1 Å². The summed E-state index contributed by atoms with van der Waals surface area (Å²) in [4.78, 5) is 0. The summed E-state index contributed by atoms with van der Waals surface area (Å²) in [6.45, 7) is 13.1. The zero-order valence-corrected chi connectivity index (χ0v) is 17.8. The minimum Gasteiger partial charge on any atom is -0.377 e. The van der Waals surface area contributed by atoms with Crippen LogP contribution in [-0.4, -0.2) is 38.5 Å². The summed E-state index contributed by atoms with van der Waals surface area (Å²) in [5.41, 5.74) is 5.09. The number of ether oxygens (including phenoxy) is 2. The van der Waals surface area contributed by atoms with Gasteiger partial charge < -0.3 is 20.1 Å². The summed E-state index contributed by atoms with van der Waals surface area (Å²) in [7, 11) is 0. The van der Waals surface area contributed by atoms with E-state index in [1.54, 1.807) is 0 Å². The molecule has 0 aliphatic rings. The van der Waals surface area contributed by atoms with Crippen LogP contribution in [0.3, 0.4) is 0 Å². The lowest BCUT2D eigenvalue weighted by Crippen LogP contribution is -2.22. The Morgan fingerprint density at radius 2 is 1.18 bits per heavy atom. The highest BCUT2D eigenvalue weighted by Crippen LogP contribution is 2.22. The van der Waals surface area contributed by atoms with Crippen molar-refractivity contribution >= 4 is 0 Å². The Bertz CT molecular complexity index is 635. The third kappa shape index (κ3) is 8.98. The van der Waals surface area contributed by atoms with Crippen molar-refractivity contribution in [3.63, 3.8) is 0 Å². The second kappa shape index (κ2) is 12.7. The van der Waals surface area contributed by atoms with Crippen LogP contribution in [0.5, 0.6) is 0 Å². The molecule has 28 heavy (non-hydrogen) atoms. The molecule has 0 aliphatic carbocycles. The van der Waals surface area contributed by atoms with Gasteiger partial charge in [0.05, 0.1) is 25.4 Å². The summed E-state index contributed by atoms with van der Waals surface area (Å²) < 4.78 is 11.2. The molecule has 0 heterocycles. The molecule has 2 aromatic carbocycles. The first-order chi connectivity index (χ1) is 13.5. The van der Waals surface area contributed by atoms with Gasteiger partial charge in [0.2, 0.25) is 0 Å². The number of rotatable bonds is 13. The van der Waals surface area contributed by atoms with Crippen molar-refractivity contribution in [3.8, 4) is 11.1 Å². The van der Waals surface area contributed by atoms with E-state index >= 15 is 0 Å². The molecule has 0 saturated carbocycles. The summed E-state index contributed by atoms with van der Waals surface area (Å²) in [5, 5.41) is 6.97. The second-order valence-electron chi connectivity index (χ2n) is 7.60. The predicted octanol–water partition coefficient (Wildman–Crippen LogP) is 4.38. The van der Waals surface area contributed by atoms with Gasteiger partial charge in [0.1, 0.15) is 0 Å². The lowest BCUT2D eigenvalue weighted by Gasteiger charge is -2.13. The molecule has 0 aliphatic heterocycles. The van der Waals surface area contributed by atoms with E-state index < -0.39 is 0 Å². The maximum atomic E-state index is 5.61. The quantitative estimate of drug-likeness (QED) is 0.503. The molecule has 154 valence electrons.